The smallest absolute Gasteiger partial charge is 0.269 e. The number of benzene rings is 1. The molecule has 1 aromatic carbocycles. The third-order valence-corrected chi connectivity index (χ3v) is 3.24. The summed E-state index contributed by atoms with van der Waals surface area (Å²) >= 11 is 0. The van der Waals surface area contributed by atoms with E-state index in [2.05, 4.69) is 24.0 Å². The summed E-state index contributed by atoms with van der Waals surface area (Å²) < 4.78 is 0. The molecule has 0 spiro atoms. The van der Waals surface area contributed by atoms with E-state index in [-0.39, 0.29) is 5.91 Å². The largest absolute Gasteiger partial charge is 0.334 e. The molecule has 0 bridgehead atoms. The second kappa shape index (κ2) is 5.69. The molecule has 2 rings (SSSR count). The molecule has 1 aromatic rings. The van der Waals surface area contributed by atoms with E-state index in [1.165, 1.54) is 4.90 Å². The molecule has 4 heteroatoms. The molecule has 1 heterocycles. The van der Waals surface area contributed by atoms with Crippen molar-refractivity contribution in [2.45, 2.75) is 13.3 Å². The van der Waals surface area contributed by atoms with Gasteiger partial charge in [0, 0.05) is 17.7 Å². The van der Waals surface area contributed by atoms with Crippen LogP contribution >= 0.6 is 0 Å². The normalized spacial score (nSPS) is 19.0. The number of amides is 1. The molecule has 4 nitrogen and oxygen atoms in total. The number of carbonyl (C=O) groups excluding carboxylic acids is 1. The minimum atomic E-state index is -0.0831. The van der Waals surface area contributed by atoms with Gasteiger partial charge in [0.2, 0.25) is 0 Å². The number of likely N-dealkylation sites (N-methyl/N-ethyl adjacent to an activating group) is 1. The summed E-state index contributed by atoms with van der Waals surface area (Å²) in [4.78, 5) is 13.5. The summed E-state index contributed by atoms with van der Waals surface area (Å²) in [6, 6.07) is 7.58. The highest BCUT2D eigenvalue weighted by Crippen LogP contribution is 2.06. The van der Waals surface area contributed by atoms with Crippen molar-refractivity contribution in [3.63, 3.8) is 0 Å². The molecule has 0 aromatic heterocycles. The van der Waals surface area contributed by atoms with E-state index in [1.54, 1.807) is 0 Å². The highest BCUT2D eigenvalue weighted by Gasteiger charge is 2.12. The molecule has 3 N–H and O–H groups in total. The maximum absolute atomic E-state index is 12.0. The number of rotatable bonds is 3. The van der Waals surface area contributed by atoms with Gasteiger partial charge in [0.1, 0.15) is 0 Å². The van der Waals surface area contributed by atoms with Gasteiger partial charge in [0.25, 0.3) is 5.91 Å². The first kappa shape index (κ1) is 12.6. The molecule has 0 saturated carbocycles. The van der Waals surface area contributed by atoms with E-state index in [1.807, 2.05) is 31.2 Å². The van der Waals surface area contributed by atoms with Gasteiger partial charge in [-0.2, -0.15) is 0 Å². The number of aryl methyl sites for hydroxylation is 1. The molecule has 0 fully saturated rings. The third-order valence-electron chi connectivity index (χ3n) is 3.24. The lowest BCUT2D eigenvalue weighted by Crippen LogP contribution is -3.09. The molecule has 1 aliphatic heterocycles. The van der Waals surface area contributed by atoms with Gasteiger partial charge < -0.3 is 10.3 Å². The van der Waals surface area contributed by atoms with E-state index in [0.717, 1.165) is 30.8 Å². The fourth-order valence-electron chi connectivity index (χ4n) is 2.00. The first-order valence-corrected chi connectivity index (χ1v) is 6.29. The third kappa shape index (κ3) is 3.11. The summed E-state index contributed by atoms with van der Waals surface area (Å²) in [5.41, 5.74) is 8.57. The van der Waals surface area contributed by atoms with Crippen LogP contribution in [0.5, 0.6) is 0 Å². The zero-order valence-electron chi connectivity index (χ0n) is 10.9. The first-order valence-electron chi connectivity index (χ1n) is 6.29. The number of hydrogen-bond acceptors (Lipinski definition) is 2. The summed E-state index contributed by atoms with van der Waals surface area (Å²) in [6.45, 7) is 4.04. The zero-order chi connectivity index (χ0) is 13.0. The van der Waals surface area contributed by atoms with E-state index in [0.29, 0.717) is 5.56 Å². The SMILES string of the molecule is Cc1ccccc1C(=O)NNC1=CC[NH+](C)CC1. The van der Waals surface area contributed by atoms with Crippen molar-refractivity contribution < 1.29 is 9.69 Å². The Labute approximate surface area is 108 Å². The highest BCUT2D eigenvalue weighted by molar-refractivity contribution is 5.95. The quantitative estimate of drug-likeness (QED) is 0.659. The van der Waals surface area contributed by atoms with Crippen LogP contribution in [0.4, 0.5) is 0 Å². The van der Waals surface area contributed by atoms with Gasteiger partial charge >= 0.3 is 0 Å². The molecule has 1 atom stereocenters. The Balaban J connectivity index is 1.91. The van der Waals surface area contributed by atoms with Gasteiger partial charge in [0.15, 0.2) is 0 Å². The monoisotopic (exact) mass is 246 g/mol. The number of carbonyl (C=O) groups is 1. The predicted molar refractivity (Wildman–Crippen MR) is 71.1 cm³/mol. The Morgan fingerprint density at radius 2 is 2.11 bits per heavy atom. The number of hydrogen-bond donors (Lipinski definition) is 3. The van der Waals surface area contributed by atoms with Gasteiger partial charge in [0.05, 0.1) is 20.1 Å². The number of hydrazine groups is 1. The van der Waals surface area contributed by atoms with Gasteiger partial charge in [-0.1, -0.05) is 18.2 Å². The van der Waals surface area contributed by atoms with Crippen LogP contribution in [0.3, 0.4) is 0 Å². The van der Waals surface area contributed by atoms with Gasteiger partial charge in [-0.05, 0) is 24.6 Å². The molecular weight excluding hydrogens is 226 g/mol. The molecular formula is C14H20N3O+. The Bertz CT molecular complexity index is 468. The average molecular weight is 246 g/mol. The van der Waals surface area contributed by atoms with Crippen molar-refractivity contribution >= 4 is 5.91 Å². The maximum Gasteiger partial charge on any atom is 0.269 e. The Morgan fingerprint density at radius 1 is 1.33 bits per heavy atom. The Morgan fingerprint density at radius 3 is 2.78 bits per heavy atom. The molecule has 18 heavy (non-hydrogen) atoms. The van der Waals surface area contributed by atoms with Crippen LogP contribution in [0, 0.1) is 6.92 Å². The summed E-state index contributed by atoms with van der Waals surface area (Å²) in [7, 11) is 2.17. The minimum Gasteiger partial charge on any atom is -0.334 e. The van der Waals surface area contributed by atoms with E-state index in [9.17, 15) is 4.79 Å². The predicted octanol–water partition coefficient (Wildman–Crippen LogP) is 0.0317. The van der Waals surface area contributed by atoms with Crippen LogP contribution in [0.25, 0.3) is 0 Å². The lowest BCUT2D eigenvalue weighted by atomic mass is 10.1. The van der Waals surface area contributed by atoms with Crippen molar-refractivity contribution in [3.8, 4) is 0 Å². The molecule has 0 saturated heterocycles. The number of nitrogens with one attached hydrogen (secondary N) is 3. The topological polar surface area (TPSA) is 45.6 Å². The molecule has 1 aliphatic rings. The van der Waals surface area contributed by atoms with Crippen LogP contribution < -0.4 is 15.8 Å². The van der Waals surface area contributed by atoms with Crippen LogP contribution in [0.1, 0.15) is 22.3 Å². The summed E-state index contributed by atoms with van der Waals surface area (Å²) in [6.07, 6.45) is 3.11. The Hall–Kier alpha value is -1.81. The van der Waals surface area contributed by atoms with Crippen LogP contribution in [-0.4, -0.2) is 26.0 Å². The van der Waals surface area contributed by atoms with Crippen molar-refractivity contribution in [2.24, 2.45) is 0 Å². The van der Waals surface area contributed by atoms with Crippen LogP contribution in [0.15, 0.2) is 36.0 Å². The minimum absolute atomic E-state index is 0.0831. The fourth-order valence-corrected chi connectivity index (χ4v) is 2.00. The Kier molecular flexibility index (Phi) is 3.99. The van der Waals surface area contributed by atoms with E-state index in [4.69, 9.17) is 0 Å². The van der Waals surface area contributed by atoms with Gasteiger partial charge in [-0.15, -0.1) is 0 Å². The fraction of sp³-hybridized carbons (Fsp3) is 0.357. The molecule has 0 radical (unpaired) electrons. The van der Waals surface area contributed by atoms with Crippen molar-refractivity contribution in [2.75, 3.05) is 20.1 Å². The van der Waals surface area contributed by atoms with E-state index >= 15 is 0 Å². The maximum atomic E-state index is 12.0. The molecule has 96 valence electrons. The van der Waals surface area contributed by atoms with Crippen LogP contribution in [0.2, 0.25) is 0 Å². The second-order valence-corrected chi connectivity index (χ2v) is 4.78. The molecule has 1 amide bonds. The molecule has 0 aliphatic carbocycles. The van der Waals surface area contributed by atoms with Crippen molar-refractivity contribution in [1.29, 1.82) is 0 Å². The highest BCUT2D eigenvalue weighted by atomic mass is 16.2. The van der Waals surface area contributed by atoms with Gasteiger partial charge in [-0.25, -0.2) is 0 Å². The van der Waals surface area contributed by atoms with Crippen LogP contribution in [-0.2, 0) is 0 Å². The summed E-state index contributed by atoms with van der Waals surface area (Å²) in [5, 5.41) is 0. The lowest BCUT2D eigenvalue weighted by molar-refractivity contribution is -0.875. The zero-order valence-corrected chi connectivity index (χ0v) is 10.9. The summed E-state index contributed by atoms with van der Waals surface area (Å²) in [5.74, 6) is -0.0831. The molecule has 1 unspecified atom stereocenters. The number of quaternary nitrogens is 1. The lowest BCUT2D eigenvalue weighted by Gasteiger charge is -2.20. The standard InChI is InChI=1S/C14H19N3O/c1-11-5-3-4-6-13(11)14(18)16-15-12-7-9-17(2)10-8-12/h3-7,15H,8-10H2,1-2H3,(H,16,18)/p+1. The van der Waals surface area contributed by atoms with Crippen molar-refractivity contribution in [3.05, 3.63) is 47.2 Å². The first-order chi connectivity index (χ1) is 8.66. The second-order valence-electron chi connectivity index (χ2n) is 4.78. The average Bonchev–Trinajstić information content (AvgIpc) is 2.38. The van der Waals surface area contributed by atoms with Gasteiger partial charge in [-0.3, -0.25) is 10.2 Å². The van der Waals surface area contributed by atoms with Crippen molar-refractivity contribution in [1.82, 2.24) is 10.9 Å². The van der Waals surface area contributed by atoms with E-state index < -0.39 is 0 Å².